The Morgan fingerprint density at radius 1 is 0.968 bits per heavy atom. The number of aryl methyl sites for hydroxylation is 2. The highest BCUT2D eigenvalue weighted by atomic mass is 16.5. The summed E-state index contributed by atoms with van der Waals surface area (Å²) >= 11 is 0. The Balaban J connectivity index is 1.54. The fourth-order valence-electron chi connectivity index (χ4n) is 3.98. The van der Waals surface area contributed by atoms with E-state index < -0.39 is 6.04 Å². The summed E-state index contributed by atoms with van der Waals surface area (Å²) in [5, 5.41) is 3.38. The van der Waals surface area contributed by atoms with E-state index in [1.54, 1.807) is 6.07 Å². The normalized spacial score (nSPS) is 15.0. The zero-order valence-electron chi connectivity index (χ0n) is 17.3. The van der Waals surface area contributed by atoms with Crippen LogP contribution in [0.5, 0.6) is 5.75 Å². The maximum absolute atomic E-state index is 13.3. The van der Waals surface area contributed by atoms with Crippen LogP contribution in [0.3, 0.4) is 0 Å². The maximum atomic E-state index is 13.3. The lowest BCUT2D eigenvalue weighted by Gasteiger charge is -2.14. The van der Waals surface area contributed by atoms with Gasteiger partial charge in [-0.2, -0.15) is 0 Å². The standard InChI is InChI=1S/C26H21NO4/c1-15-11-12-20-23(28)21-22(27-26(29)25(21)31-24(20)16(15)2)18-9-6-10-19(13-18)30-14-17-7-4-3-5-8-17/h3-13,22H,14H2,1-2H3,(H,27,29). The molecule has 3 aromatic carbocycles. The lowest BCUT2D eigenvalue weighted by atomic mass is 9.98. The Hall–Kier alpha value is -3.86. The Morgan fingerprint density at radius 3 is 2.58 bits per heavy atom. The SMILES string of the molecule is Cc1ccc2c(=O)c3c(oc2c1C)C(=O)NC3c1cccc(OCc2ccccc2)c1. The van der Waals surface area contributed by atoms with Gasteiger partial charge in [0, 0.05) is 0 Å². The van der Waals surface area contributed by atoms with Crippen LogP contribution in [0.25, 0.3) is 11.0 Å². The van der Waals surface area contributed by atoms with E-state index >= 15 is 0 Å². The fourth-order valence-corrected chi connectivity index (χ4v) is 3.98. The lowest BCUT2D eigenvalue weighted by Crippen LogP contribution is -2.22. The number of amides is 1. The molecular weight excluding hydrogens is 390 g/mol. The topological polar surface area (TPSA) is 68.5 Å². The first-order valence-electron chi connectivity index (χ1n) is 10.2. The van der Waals surface area contributed by atoms with Crippen LogP contribution in [0, 0.1) is 13.8 Å². The molecule has 1 aliphatic heterocycles. The van der Waals surface area contributed by atoms with Crippen LogP contribution >= 0.6 is 0 Å². The Labute approximate surface area is 179 Å². The largest absolute Gasteiger partial charge is 0.489 e. The first-order valence-corrected chi connectivity index (χ1v) is 10.2. The van der Waals surface area contributed by atoms with E-state index in [-0.39, 0.29) is 17.1 Å². The summed E-state index contributed by atoms with van der Waals surface area (Å²) in [5.74, 6) is 0.378. The average molecular weight is 411 g/mol. The molecule has 0 fully saturated rings. The van der Waals surface area contributed by atoms with Crippen molar-refractivity contribution in [3.63, 3.8) is 0 Å². The fraction of sp³-hybridized carbons (Fsp3) is 0.154. The monoisotopic (exact) mass is 411 g/mol. The van der Waals surface area contributed by atoms with Crippen molar-refractivity contribution in [2.45, 2.75) is 26.5 Å². The quantitative estimate of drug-likeness (QED) is 0.523. The second-order valence-electron chi connectivity index (χ2n) is 7.81. The van der Waals surface area contributed by atoms with Gasteiger partial charge in [-0.15, -0.1) is 0 Å². The number of benzene rings is 3. The minimum atomic E-state index is -0.579. The predicted octanol–water partition coefficient (Wildman–Crippen LogP) is 4.82. The van der Waals surface area contributed by atoms with Crippen molar-refractivity contribution in [3.8, 4) is 5.75 Å². The molecule has 0 spiro atoms. The highest BCUT2D eigenvalue weighted by Gasteiger charge is 2.36. The predicted molar refractivity (Wildman–Crippen MR) is 118 cm³/mol. The number of hydrogen-bond acceptors (Lipinski definition) is 4. The maximum Gasteiger partial charge on any atom is 0.288 e. The molecular formula is C26H21NO4. The Bertz CT molecular complexity index is 1370. The van der Waals surface area contributed by atoms with Crippen LogP contribution in [0.4, 0.5) is 0 Å². The van der Waals surface area contributed by atoms with E-state index in [0.29, 0.717) is 28.9 Å². The van der Waals surface area contributed by atoms with E-state index in [1.807, 2.05) is 74.5 Å². The molecule has 0 aliphatic carbocycles. The second kappa shape index (κ2) is 7.43. The molecule has 5 rings (SSSR count). The molecule has 31 heavy (non-hydrogen) atoms. The summed E-state index contributed by atoms with van der Waals surface area (Å²) in [5.41, 5.74) is 4.34. The second-order valence-corrected chi connectivity index (χ2v) is 7.81. The van der Waals surface area contributed by atoms with E-state index in [4.69, 9.17) is 9.15 Å². The van der Waals surface area contributed by atoms with Crippen LogP contribution in [0.15, 0.2) is 75.9 Å². The molecule has 5 heteroatoms. The zero-order valence-corrected chi connectivity index (χ0v) is 17.3. The van der Waals surface area contributed by atoms with Gasteiger partial charge in [-0.3, -0.25) is 9.59 Å². The molecule has 4 aromatic rings. The number of hydrogen-bond donors (Lipinski definition) is 1. The van der Waals surface area contributed by atoms with E-state index in [1.165, 1.54) is 0 Å². The number of fused-ring (bicyclic) bond motifs is 2. The molecule has 1 unspecified atom stereocenters. The van der Waals surface area contributed by atoms with E-state index in [2.05, 4.69) is 5.32 Å². The number of ether oxygens (including phenoxy) is 1. The summed E-state index contributed by atoms with van der Waals surface area (Å²) in [6.45, 7) is 4.28. The van der Waals surface area contributed by atoms with Crippen LogP contribution in [0.1, 0.15) is 44.4 Å². The molecule has 2 heterocycles. The van der Waals surface area contributed by atoms with Crippen molar-refractivity contribution in [2.75, 3.05) is 0 Å². The first kappa shape index (κ1) is 19.1. The molecule has 154 valence electrons. The van der Waals surface area contributed by atoms with E-state index in [0.717, 1.165) is 22.3 Å². The van der Waals surface area contributed by atoms with Gasteiger partial charge in [0.25, 0.3) is 5.91 Å². The summed E-state index contributed by atoms with van der Waals surface area (Å²) < 4.78 is 11.9. The molecule has 0 saturated heterocycles. The molecule has 0 bridgehead atoms. The number of nitrogens with one attached hydrogen (secondary N) is 1. The van der Waals surface area contributed by atoms with Gasteiger partial charge in [0.05, 0.1) is 17.0 Å². The van der Waals surface area contributed by atoms with Gasteiger partial charge in [0.1, 0.15) is 17.9 Å². The van der Waals surface area contributed by atoms with Gasteiger partial charge in [0.2, 0.25) is 5.76 Å². The number of carbonyl (C=O) groups excluding carboxylic acids is 1. The Kier molecular flexibility index (Phi) is 4.59. The number of rotatable bonds is 4. The van der Waals surface area contributed by atoms with Gasteiger partial charge < -0.3 is 14.5 Å². The molecule has 0 radical (unpaired) electrons. The van der Waals surface area contributed by atoms with Crippen molar-refractivity contribution < 1.29 is 13.9 Å². The van der Waals surface area contributed by atoms with Gasteiger partial charge in [-0.1, -0.05) is 48.5 Å². The zero-order chi connectivity index (χ0) is 21.5. The first-order chi connectivity index (χ1) is 15.0. The molecule has 1 amide bonds. The highest BCUT2D eigenvalue weighted by Crippen LogP contribution is 2.33. The molecule has 5 nitrogen and oxygen atoms in total. The summed E-state index contributed by atoms with van der Waals surface area (Å²) in [7, 11) is 0. The van der Waals surface area contributed by atoms with Gasteiger partial charge in [0.15, 0.2) is 5.43 Å². The molecule has 0 saturated carbocycles. The van der Waals surface area contributed by atoms with Crippen LogP contribution in [0.2, 0.25) is 0 Å². The van der Waals surface area contributed by atoms with Crippen molar-refractivity contribution in [2.24, 2.45) is 0 Å². The average Bonchev–Trinajstić information content (AvgIpc) is 3.13. The highest BCUT2D eigenvalue weighted by molar-refractivity contribution is 5.99. The third kappa shape index (κ3) is 3.28. The third-order valence-electron chi connectivity index (χ3n) is 5.82. The number of carbonyl (C=O) groups is 1. The van der Waals surface area contributed by atoms with Crippen molar-refractivity contribution >= 4 is 16.9 Å². The third-order valence-corrected chi connectivity index (χ3v) is 5.82. The van der Waals surface area contributed by atoms with Gasteiger partial charge in [-0.25, -0.2) is 0 Å². The molecule has 1 aliphatic rings. The van der Waals surface area contributed by atoms with Gasteiger partial charge >= 0.3 is 0 Å². The van der Waals surface area contributed by atoms with Crippen LogP contribution in [-0.4, -0.2) is 5.91 Å². The summed E-state index contributed by atoms with van der Waals surface area (Å²) in [6, 6.07) is 20.4. The van der Waals surface area contributed by atoms with Gasteiger partial charge in [-0.05, 0) is 54.3 Å². The molecule has 1 atom stereocenters. The van der Waals surface area contributed by atoms with Crippen molar-refractivity contribution in [1.82, 2.24) is 5.32 Å². The van der Waals surface area contributed by atoms with Crippen molar-refractivity contribution in [1.29, 1.82) is 0 Å². The molecule has 1 aromatic heterocycles. The van der Waals surface area contributed by atoms with Crippen molar-refractivity contribution in [3.05, 3.63) is 111 Å². The summed E-state index contributed by atoms with van der Waals surface area (Å²) in [4.78, 5) is 26.0. The smallest absolute Gasteiger partial charge is 0.288 e. The minimum Gasteiger partial charge on any atom is -0.489 e. The molecule has 1 N–H and O–H groups in total. The lowest BCUT2D eigenvalue weighted by molar-refractivity contribution is 0.0937. The van der Waals surface area contributed by atoms with Crippen LogP contribution in [-0.2, 0) is 6.61 Å². The minimum absolute atomic E-state index is 0.0896. The summed E-state index contributed by atoms with van der Waals surface area (Å²) in [6.07, 6.45) is 0. The van der Waals surface area contributed by atoms with E-state index in [9.17, 15) is 9.59 Å². The van der Waals surface area contributed by atoms with Crippen LogP contribution < -0.4 is 15.5 Å². The Morgan fingerprint density at radius 2 is 1.77 bits per heavy atom.